The molecule has 2 nitrogen and oxygen atoms in total. The lowest BCUT2D eigenvalue weighted by atomic mass is 9.89. The summed E-state index contributed by atoms with van der Waals surface area (Å²) < 4.78 is 13.8. The van der Waals surface area contributed by atoms with Crippen molar-refractivity contribution in [2.24, 2.45) is 5.92 Å². The van der Waals surface area contributed by atoms with Crippen molar-refractivity contribution in [2.45, 2.75) is 39.3 Å². The zero-order chi connectivity index (χ0) is 13.3. The van der Waals surface area contributed by atoms with E-state index < -0.39 is 0 Å². The second-order valence-corrected chi connectivity index (χ2v) is 5.74. The third-order valence-electron chi connectivity index (χ3n) is 4.07. The Bertz CT molecular complexity index is 419. The maximum atomic E-state index is 13.8. The van der Waals surface area contributed by atoms with E-state index in [1.807, 2.05) is 13.0 Å². The molecule has 3 atom stereocenters. The maximum absolute atomic E-state index is 13.8. The summed E-state index contributed by atoms with van der Waals surface area (Å²) in [4.78, 5) is 2.37. The zero-order valence-corrected chi connectivity index (χ0v) is 11.7. The normalized spacial score (nSPS) is 29.3. The van der Waals surface area contributed by atoms with Gasteiger partial charge in [-0.05, 0) is 50.9 Å². The van der Waals surface area contributed by atoms with Gasteiger partial charge in [0, 0.05) is 18.6 Å². The van der Waals surface area contributed by atoms with Gasteiger partial charge in [-0.25, -0.2) is 4.39 Å². The molecule has 1 aliphatic rings. The largest absolute Gasteiger partial charge is 0.380 e. The number of halogens is 1. The highest BCUT2D eigenvalue weighted by Gasteiger charge is 2.29. The molecule has 18 heavy (non-hydrogen) atoms. The van der Waals surface area contributed by atoms with Crippen LogP contribution in [0.5, 0.6) is 0 Å². The molecule has 0 bridgehead atoms. The van der Waals surface area contributed by atoms with E-state index in [0.29, 0.717) is 23.7 Å². The predicted octanol–water partition coefficient (Wildman–Crippen LogP) is 3.27. The Hall–Kier alpha value is -1.09. The van der Waals surface area contributed by atoms with Crippen molar-refractivity contribution < 1.29 is 4.39 Å². The molecule has 3 unspecified atom stereocenters. The van der Waals surface area contributed by atoms with Crippen molar-refractivity contribution in [3.63, 3.8) is 0 Å². The zero-order valence-electron chi connectivity index (χ0n) is 11.7. The van der Waals surface area contributed by atoms with E-state index in [1.54, 1.807) is 12.1 Å². The third-order valence-corrected chi connectivity index (χ3v) is 4.07. The average Bonchev–Trinajstić information content (AvgIpc) is 2.30. The Labute approximate surface area is 109 Å². The van der Waals surface area contributed by atoms with Gasteiger partial charge in [-0.15, -0.1) is 0 Å². The molecule has 1 aliphatic heterocycles. The number of hydrogen-bond donors (Lipinski definition) is 1. The average molecular weight is 250 g/mol. The number of nitrogens with one attached hydrogen (secondary N) is 1. The van der Waals surface area contributed by atoms with Crippen LogP contribution in [0.25, 0.3) is 0 Å². The summed E-state index contributed by atoms with van der Waals surface area (Å²) in [5.41, 5.74) is 1.73. The highest BCUT2D eigenvalue weighted by atomic mass is 19.1. The molecule has 0 amide bonds. The Morgan fingerprint density at radius 3 is 2.78 bits per heavy atom. The van der Waals surface area contributed by atoms with Crippen LogP contribution < -0.4 is 5.32 Å². The summed E-state index contributed by atoms with van der Waals surface area (Å²) in [5.74, 6) is 0.380. The first-order valence-electron chi connectivity index (χ1n) is 6.70. The molecule has 3 heteroatoms. The molecule has 1 aromatic rings. The lowest BCUT2D eigenvalue weighted by Crippen LogP contribution is -2.48. The first-order chi connectivity index (χ1) is 8.47. The fraction of sp³-hybridized carbons (Fsp3) is 0.600. The van der Waals surface area contributed by atoms with Crippen LogP contribution in [0.4, 0.5) is 10.1 Å². The monoisotopic (exact) mass is 250 g/mol. The molecule has 0 aromatic heterocycles. The highest BCUT2D eigenvalue weighted by molar-refractivity contribution is 5.48. The summed E-state index contributed by atoms with van der Waals surface area (Å²) in [5, 5.41) is 3.39. The number of hydrogen-bond acceptors (Lipinski definition) is 2. The van der Waals surface area contributed by atoms with Crippen LogP contribution in [0.2, 0.25) is 0 Å². The van der Waals surface area contributed by atoms with Crippen LogP contribution in [-0.4, -0.2) is 30.6 Å². The third kappa shape index (κ3) is 2.83. The second kappa shape index (κ2) is 5.27. The van der Waals surface area contributed by atoms with Crippen molar-refractivity contribution in [1.82, 2.24) is 4.90 Å². The minimum Gasteiger partial charge on any atom is -0.380 e. The fourth-order valence-electron chi connectivity index (χ4n) is 2.69. The number of benzene rings is 1. The first-order valence-corrected chi connectivity index (χ1v) is 6.70. The van der Waals surface area contributed by atoms with Gasteiger partial charge >= 0.3 is 0 Å². The van der Waals surface area contributed by atoms with E-state index in [9.17, 15) is 4.39 Å². The van der Waals surface area contributed by atoms with Gasteiger partial charge in [-0.3, -0.25) is 0 Å². The van der Waals surface area contributed by atoms with Gasteiger partial charge in [0.1, 0.15) is 5.82 Å². The Balaban J connectivity index is 2.11. The van der Waals surface area contributed by atoms with Crippen LogP contribution in [0.3, 0.4) is 0 Å². The Kier molecular flexibility index (Phi) is 3.91. The van der Waals surface area contributed by atoms with Crippen LogP contribution in [0.1, 0.15) is 25.8 Å². The first kappa shape index (κ1) is 13.3. The van der Waals surface area contributed by atoms with E-state index in [0.717, 1.165) is 18.5 Å². The van der Waals surface area contributed by atoms with E-state index >= 15 is 0 Å². The number of aryl methyl sites for hydroxylation is 1. The van der Waals surface area contributed by atoms with Crippen molar-refractivity contribution in [2.75, 3.05) is 18.9 Å². The Morgan fingerprint density at radius 1 is 1.33 bits per heavy atom. The van der Waals surface area contributed by atoms with Gasteiger partial charge < -0.3 is 10.2 Å². The standard InChI is InChI=1S/C15H23FN2/c1-10-5-6-13(16)15(7-10)17-14-8-12(3)18(4)9-11(14)2/h5-7,11-12,14,17H,8-9H2,1-4H3. The number of likely N-dealkylation sites (tertiary alicyclic amines) is 1. The highest BCUT2D eigenvalue weighted by Crippen LogP contribution is 2.25. The van der Waals surface area contributed by atoms with Gasteiger partial charge in [-0.2, -0.15) is 0 Å². The van der Waals surface area contributed by atoms with Gasteiger partial charge in [0.15, 0.2) is 0 Å². The number of nitrogens with zero attached hydrogens (tertiary/aromatic N) is 1. The van der Waals surface area contributed by atoms with E-state index in [-0.39, 0.29) is 5.82 Å². The Morgan fingerprint density at radius 2 is 2.06 bits per heavy atom. The molecule has 1 N–H and O–H groups in total. The van der Waals surface area contributed by atoms with Crippen molar-refractivity contribution in [3.8, 4) is 0 Å². The molecule has 2 rings (SSSR count). The molecule has 100 valence electrons. The molecule has 1 saturated heterocycles. The summed E-state index contributed by atoms with van der Waals surface area (Å²) in [6, 6.07) is 6.14. The van der Waals surface area contributed by atoms with Crippen LogP contribution in [-0.2, 0) is 0 Å². The van der Waals surface area contributed by atoms with Gasteiger partial charge in [0.2, 0.25) is 0 Å². The second-order valence-electron chi connectivity index (χ2n) is 5.74. The smallest absolute Gasteiger partial charge is 0.146 e. The molecule has 0 aliphatic carbocycles. The van der Waals surface area contributed by atoms with Crippen LogP contribution >= 0.6 is 0 Å². The van der Waals surface area contributed by atoms with Crippen LogP contribution in [0.15, 0.2) is 18.2 Å². The molecular formula is C15H23FN2. The molecule has 0 radical (unpaired) electrons. The summed E-state index contributed by atoms with van der Waals surface area (Å²) in [6.07, 6.45) is 1.06. The number of piperidine rings is 1. The fourth-order valence-corrected chi connectivity index (χ4v) is 2.69. The van der Waals surface area contributed by atoms with Gasteiger partial charge in [-0.1, -0.05) is 13.0 Å². The summed E-state index contributed by atoms with van der Waals surface area (Å²) >= 11 is 0. The molecular weight excluding hydrogens is 227 g/mol. The van der Waals surface area contributed by atoms with Crippen LogP contribution in [0, 0.1) is 18.7 Å². The van der Waals surface area contributed by atoms with E-state index in [1.165, 1.54) is 0 Å². The van der Waals surface area contributed by atoms with Crippen molar-refractivity contribution >= 4 is 5.69 Å². The minimum absolute atomic E-state index is 0.153. The molecule has 1 fully saturated rings. The summed E-state index contributed by atoms with van der Waals surface area (Å²) in [7, 11) is 2.16. The number of anilines is 1. The molecule has 1 heterocycles. The maximum Gasteiger partial charge on any atom is 0.146 e. The lowest BCUT2D eigenvalue weighted by molar-refractivity contribution is 0.145. The van der Waals surface area contributed by atoms with E-state index in [4.69, 9.17) is 0 Å². The molecule has 0 saturated carbocycles. The predicted molar refractivity (Wildman–Crippen MR) is 74.4 cm³/mol. The number of rotatable bonds is 2. The quantitative estimate of drug-likeness (QED) is 0.866. The SMILES string of the molecule is Cc1ccc(F)c(NC2CC(C)N(C)CC2C)c1. The van der Waals surface area contributed by atoms with Gasteiger partial charge in [0.25, 0.3) is 0 Å². The van der Waals surface area contributed by atoms with Gasteiger partial charge in [0.05, 0.1) is 5.69 Å². The lowest BCUT2D eigenvalue weighted by Gasteiger charge is -2.40. The van der Waals surface area contributed by atoms with Crippen molar-refractivity contribution in [3.05, 3.63) is 29.6 Å². The van der Waals surface area contributed by atoms with E-state index in [2.05, 4.69) is 31.1 Å². The summed E-state index contributed by atoms with van der Waals surface area (Å²) in [6.45, 7) is 7.51. The molecule has 0 spiro atoms. The molecule has 1 aromatic carbocycles. The minimum atomic E-state index is -0.153. The van der Waals surface area contributed by atoms with Crippen molar-refractivity contribution in [1.29, 1.82) is 0 Å². The topological polar surface area (TPSA) is 15.3 Å².